The fourth-order valence-electron chi connectivity index (χ4n) is 2.75. The molecule has 1 N–H and O–H groups in total. The molecule has 4 rings (SSSR count). The van der Waals surface area contributed by atoms with Gasteiger partial charge in [0.05, 0.1) is 4.92 Å². The molecular formula is C17H16N6O2S. The molecule has 0 radical (unpaired) electrons. The van der Waals surface area contributed by atoms with E-state index in [2.05, 4.69) is 39.9 Å². The lowest BCUT2D eigenvalue weighted by Crippen LogP contribution is -2.14. The molecule has 132 valence electrons. The third kappa shape index (κ3) is 2.86. The summed E-state index contributed by atoms with van der Waals surface area (Å²) >= 11 is 1.56. The molecule has 1 aliphatic rings. The van der Waals surface area contributed by atoms with Crippen molar-refractivity contribution < 1.29 is 4.92 Å². The van der Waals surface area contributed by atoms with Crippen LogP contribution in [-0.2, 0) is 0 Å². The Hall–Kier alpha value is -3.07. The SMILES string of the molecule is CN(C)c1ccc([C@@H]2Nn3c(nnc3-c3cccc([N+](=O)[O-])c3)S2)cc1. The second kappa shape index (κ2) is 6.34. The van der Waals surface area contributed by atoms with Crippen LogP contribution in [0.15, 0.2) is 53.7 Å². The van der Waals surface area contributed by atoms with Gasteiger partial charge in [-0.2, -0.15) is 0 Å². The number of rotatable bonds is 4. The Morgan fingerprint density at radius 3 is 2.65 bits per heavy atom. The largest absolute Gasteiger partial charge is 0.378 e. The van der Waals surface area contributed by atoms with Gasteiger partial charge in [-0.25, -0.2) is 4.68 Å². The van der Waals surface area contributed by atoms with Crippen molar-refractivity contribution >= 4 is 23.1 Å². The molecule has 0 aliphatic carbocycles. The van der Waals surface area contributed by atoms with Gasteiger partial charge in [0.25, 0.3) is 5.69 Å². The van der Waals surface area contributed by atoms with E-state index in [-0.39, 0.29) is 11.1 Å². The quantitative estimate of drug-likeness (QED) is 0.558. The molecule has 0 spiro atoms. The number of non-ortho nitro benzene ring substituents is 1. The Kier molecular flexibility index (Phi) is 4.00. The number of benzene rings is 2. The average Bonchev–Trinajstić information content (AvgIpc) is 3.22. The summed E-state index contributed by atoms with van der Waals surface area (Å²) < 4.78 is 1.79. The minimum atomic E-state index is -0.415. The summed E-state index contributed by atoms with van der Waals surface area (Å²) in [5.74, 6) is 0.559. The highest BCUT2D eigenvalue weighted by atomic mass is 32.2. The number of hydrogen-bond donors (Lipinski definition) is 1. The number of nitro groups is 1. The normalized spacial score (nSPS) is 15.4. The Morgan fingerprint density at radius 1 is 1.19 bits per heavy atom. The smallest absolute Gasteiger partial charge is 0.270 e. The maximum absolute atomic E-state index is 11.0. The Morgan fingerprint density at radius 2 is 1.96 bits per heavy atom. The number of fused-ring (bicyclic) bond motifs is 1. The molecule has 0 saturated carbocycles. The number of thioether (sulfide) groups is 1. The van der Waals surface area contributed by atoms with Crippen molar-refractivity contribution in [3.05, 3.63) is 64.2 Å². The molecule has 3 aromatic rings. The van der Waals surface area contributed by atoms with Crippen LogP contribution in [0.2, 0.25) is 0 Å². The average molecular weight is 368 g/mol. The van der Waals surface area contributed by atoms with Gasteiger partial charge in [0.1, 0.15) is 5.37 Å². The van der Waals surface area contributed by atoms with Gasteiger partial charge >= 0.3 is 0 Å². The number of hydrogen-bond acceptors (Lipinski definition) is 7. The van der Waals surface area contributed by atoms with Gasteiger partial charge in [0, 0.05) is 37.5 Å². The van der Waals surface area contributed by atoms with E-state index in [1.54, 1.807) is 28.6 Å². The zero-order chi connectivity index (χ0) is 18.3. The molecule has 1 aromatic heterocycles. The van der Waals surface area contributed by atoms with E-state index in [1.807, 2.05) is 19.0 Å². The number of nitrogens with one attached hydrogen (secondary N) is 1. The van der Waals surface area contributed by atoms with Gasteiger partial charge in [-0.15, -0.1) is 10.2 Å². The topological polar surface area (TPSA) is 89.1 Å². The van der Waals surface area contributed by atoms with E-state index in [9.17, 15) is 10.1 Å². The Bertz CT molecular complexity index is 970. The van der Waals surface area contributed by atoms with Crippen LogP contribution in [0.3, 0.4) is 0 Å². The third-order valence-corrected chi connectivity index (χ3v) is 5.22. The molecule has 2 heterocycles. The van der Waals surface area contributed by atoms with Crippen molar-refractivity contribution in [1.29, 1.82) is 0 Å². The second-order valence-corrected chi connectivity index (χ2v) is 7.13. The van der Waals surface area contributed by atoms with Gasteiger partial charge in [0.15, 0.2) is 5.82 Å². The first kappa shape index (κ1) is 16.4. The maximum Gasteiger partial charge on any atom is 0.270 e. The van der Waals surface area contributed by atoms with Gasteiger partial charge in [-0.1, -0.05) is 36.0 Å². The van der Waals surface area contributed by atoms with Gasteiger partial charge in [0.2, 0.25) is 5.16 Å². The molecular weight excluding hydrogens is 352 g/mol. The highest BCUT2D eigenvalue weighted by Crippen LogP contribution is 2.40. The van der Waals surface area contributed by atoms with Crippen LogP contribution in [0.4, 0.5) is 11.4 Å². The van der Waals surface area contributed by atoms with Crippen LogP contribution in [0.1, 0.15) is 10.9 Å². The van der Waals surface area contributed by atoms with Crippen LogP contribution >= 0.6 is 11.8 Å². The zero-order valence-electron chi connectivity index (χ0n) is 14.2. The number of anilines is 1. The summed E-state index contributed by atoms with van der Waals surface area (Å²) in [7, 11) is 4.01. The molecule has 9 heteroatoms. The molecule has 0 saturated heterocycles. The van der Waals surface area contributed by atoms with Gasteiger partial charge in [-0.3, -0.25) is 10.1 Å². The molecule has 0 unspecified atom stereocenters. The standard InChI is InChI=1S/C17H16N6O2S/c1-21(2)13-8-6-11(7-9-13)16-20-22-15(18-19-17(22)26-16)12-4-3-5-14(10-12)23(24)25/h3-10,16,20H,1-2H3/t16-/m1/s1. The third-order valence-electron chi connectivity index (χ3n) is 4.13. The van der Waals surface area contributed by atoms with Gasteiger partial charge in [-0.05, 0) is 17.7 Å². The fraction of sp³-hybridized carbons (Fsp3) is 0.176. The van der Waals surface area contributed by atoms with Crippen molar-refractivity contribution in [2.75, 3.05) is 24.4 Å². The minimum absolute atomic E-state index is 0.00848. The van der Waals surface area contributed by atoms with E-state index >= 15 is 0 Å². The summed E-state index contributed by atoms with van der Waals surface area (Å²) in [6.07, 6.45) is 0. The predicted octanol–water partition coefficient (Wildman–Crippen LogP) is 3.27. The van der Waals surface area contributed by atoms with E-state index in [4.69, 9.17) is 0 Å². The lowest BCUT2D eigenvalue weighted by atomic mass is 10.2. The summed E-state index contributed by atoms with van der Waals surface area (Å²) in [6.45, 7) is 0. The monoisotopic (exact) mass is 368 g/mol. The van der Waals surface area contributed by atoms with E-state index in [0.29, 0.717) is 11.4 Å². The number of aromatic nitrogens is 3. The van der Waals surface area contributed by atoms with E-state index < -0.39 is 4.92 Å². The molecule has 2 aromatic carbocycles. The summed E-state index contributed by atoms with van der Waals surface area (Å²) in [5, 5.41) is 20.1. The van der Waals surface area contributed by atoms with Crippen molar-refractivity contribution in [2.45, 2.75) is 10.5 Å². The van der Waals surface area contributed by atoms with Crippen LogP contribution in [0.25, 0.3) is 11.4 Å². The highest BCUT2D eigenvalue weighted by molar-refractivity contribution is 7.99. The summed E-state index contributed by atoms with van der Waals surface area (Å²) in [4.78, 5) is 12.6. The van der Waals surface area contributed by atoms with Crippen molar-refractivity contribution in [3.63, 3.8) is 0 Å². The first-order valence-corrected chi connectivity index (χ1v) is 8.81. The molecule has 0 bridgehead atoms. The van der Waals surface area contributed by atoms with Crippen LogP contribution < -0.4 is 10.3 Å². The minimum Gasteiger partial charge on any atom is -0.378 e. The predicted molar refractivity (Wildman–Crippen MR) is 101 cm³/mol. The maximum atomic E-state index is 11.0. The van der Waals surface area contributed by atoms with E-state index in [1.165, 1.54) is 12.1 Å². The van der Waals surface area contributed by atoms with Crippen LogP contribution in [-0.4, -0.2) is 33.9 Å². The zero-order valence-corrected chi connectivity index (χ0v) is 15.0. The Labute approximate surface area is 154 Å². The fourth-order valence-corrected chi connectivity index (χ4v) is 3.74. The van der Waals surface area contributed by atoms with Crippen LogP contribution in [0.5, 0.6) is 0 Å². The van der Waals surface area contributed by atoms with Crippen molar-refractivity contribution in [3.8, 4) is 11.4 Å². The molecule has 0 amide bonds. The lowest BCUT2D eigenvalue weighted by molar-refractivity contribution is -0.384. The number of nitro benzene ring substituents is 1. The van der Waals surface area contributed by atoms with Crippen LogP contribution in [0, 0.1) is 10.1 Å². The molecule has 1 atom stereocenters. The van der Waals surface area contributed by atoms with Crippen molar-refractivity contribution in [1.82, 2.24) is 14.9 Å². The molecule has 0 fully saturated rings. The van der Waals surface area contributed by atoms with Gasteiger partial charge < -0.3 is 10.3 Å². The summed E-state index contributed by atoms with van der Waals surface area (Å²) in [6, 6.07) is 14.7. The van der Waals surface area contributed by atoms with E-state index in [0.717, 1.165) is 16.4 Å². The first-order chi connectivity index (χ1) is 12.5. The number of nitrogens with zero attached hydrogens (tertiary/aromatic N) is 5. The Balaban J connectivity index is 1.61. The highest BCUT2D eigenvalue weighted by Gasteiger charge is 2.28. The molecule has 26 heavy (non-hydrogen) atoms. The molecule has 8 nitrogen and oxygen atoms in total. The van der Waals surface area contributed by atoms with Crippen molar-refractivity contribution in [2.24, 2.45) is 0 Å². The second-order valence-electron chi connectivity index (χ2n) is 6.06. The lowest BCUT2D eigenvalue weighted by Gasteiger charge is -2.15. The first-order valence-electron chi connectivity index (χ1n) is 7.93. The molecule has 1 aliphatic heterocycles. The summed E-state index contributed by atoms with van der Waals surface area (Å²) in [5.41, 5.74) is 6.30.